The van der Waals surface area contributed by atoms with Crippen LogP contribution in [0.25, 0.3) is 6.08 Å². The SMILES string of the molecule is Cc1ncsc1CCOc1ccc(/C=C2\SC(=O)NC2=O)cc1F. The third-order valence-electron chi connectivity index (χ3n) is 3.33. The van der Waals surface area contributed by atoms with Gasteiger partial charge in [0.1, 0.15) is 0 Å². The lowest BCUT2D eigenvalue weighted by atomic mass is 10.2. The van der Waals surface area contributed by atoms with Gasteiger partial charge in [-0.15, -0.1) is 11.3 Å². The summed E-state index contributed by atoms with van der Waals surface area (Å²) in [7, 11) is 0. The van der Waals surface area contributed by atoms with Crippen LogP contribution in [0.1, 0.15) is 16.1 Å². The Morgan fingerprint density at radius 2 is 2.21 bits per heavy atom. The number of aromatic nitrogens is 1. The maximum atomic E-state index is 14.1. The van der Waals surface area contributed by atoms with E-state index in [1.807, 2.05) is 6.92 Å². The van der Waals surface area contributed by atoms with Gasteiger partial charge in [-0.05, 0) is 42.5 Å². The van der Waals surface area contributed by atoms with Crippen molar-refractivity contribution >= 4 is 40.3 Å². The largest absolute Gasteiger partial charge is 0.490 e. The number of rotatable bonds is 5. The second kappa shape index (κ2) is 7.14. The summed E-state index contributed by atoms with van der Waals surface area (Å²) in [6.45, 7) is 2.28. The van der Waals surface area contributed by atoms with Gasteiger partial charge in [-0.3, -0.25) is 14.9 Å². The van der Waals surface area contributed by atoms with Crippen molar-refractivity contribution < 1.29 is 18.7 Å². The summed E-state index contributed by atoms with van der Waals surface area (Å²) in [5.74, 6) is -0.829. The van der Waals surface area contributed by atoms with E-state index in [-0.39, 0.29) is 10.7 Å². The zero-order valence-electron chi connectivity index (χ0n) is 12.7. The molecule has 2 aromatic rings. The van der Waals surface area contributed by atoms with E-state index < -0.39 is 17.0 Å². The highest BCUT2D eigenvalue weighted by Gasteiger charge is 2.25. The molecule has 24 heavy (non-hydrogen) atoms. The van der Waals surface area contributed by atoms with Gasteiger partial charge in [0.25, 0.3) is 11.1 Å². The van der Waals surface area contributed by atoms with Crippen molar-refractivity contribution in [3.05, 3.63) is 50.6 Å². The summed E-state index contributed by atoms with van der Waals surface area (Å²) < 4.78 is 19.6. The van der Waals surface area contributed by atoms with Crippen LogP contribution in [0.2, 0.25) is 0 Å². The molecular formula is C16H13FN2O3S2. The molecule has 1 N–H and O–H groups in total. The van der Waals surface area contributed by atoms with E-state index in [4.69, 9.17) is 4.74 Å². The minimum atomic E-state index is -0.514. The van der Waals surface area contributed by atoms with Crippen LogP contribution in [0.4, 0.5) is 9.18 Å². The van der Waals surface area contributed by atoms with Gasteiger partial charge in [-0.1, -0.05) is 6.07 Å². The van der Waals surface area contributed by atoms with E-state index >= 15 is 0 Å². The van der Waals surface area contributed by atoms with Gasteiger partial charge in [-0.2, -0.15) is 0 Å². The summed E-state index contributed by atoms with van der Waals surface area (Å²) in [6, 6.07) is 4.43. The number of aryl methyl sites for hydroxylation is 1. The highest BCUT2D eigenvalue weighted by atomic mass is 32.2. The number of carbonyl (C=O) groups excluding carboxylic acids is 2. The third kappa shape index (κ3) is 3.82. The molecule has 2 heterocycles. The molecular weight excluding hydrogens is 351 g/mol. The second-order valence-electron chi connectivity index (χ2n) is 5.00. The maximum absolute atomic E-state index is 14.1. The molecule has 0 bridgehead atoms. The van der Waals surface area contributed by atoms with E-state index in [1.54, 1.807) is 22.9 Å². The number of ether oxygens (including phenoxy) is 1. The molecule has 1 fully saturated rings. The molecule has 1 saturated heterocycles. The van der Waals surface area contributed by atoms with E-state index in [2.05, 4.69) is 10.3 Å². The predicted octanol–water partition coefficient (Wildman–Crippen LogP) is 3.54. The lowest BCUT2D eigenvalue weighted by Crippen LogP contribution is -2.17. The van der Waals surface area contributed by atoms with E-state index in [0.717, 1.165) is 22.3 Å². The van der Waals surface area contributed by atoms with Gasteiger partial charge in [0.15, 0.2) is 11.6 Å². The van der Waals surface area contributed by atoms with Crippen molar-refractivity contribution in [1.29, 1.82) is 0 Å². The van der Waals surface area contributed by atoms with Crippen molar-refractivity contribution in [3.63, 3.8) is 0 Å². The summed E-state index contributed by atoms with van der Waals surface area (Å²) in [5.41, 5.74) is 3.23. The summed E-state index contributed by atoms with van der Waals surface area (Å²) in [6.07, 6.45) is 2.14. The van der Waals surface area contributed by atoms with Crippen LogP contribution >= 0.6 is 23.1 Å². The van der Waals surface area contributed by atoms with Crippen LogP contribution in [-0.2, 0) is 11.2 Å². The average molecular weight is 364 g/mol. The molecule has 1 aliphatic rings. The number of halogens is 1. The van der Waals surface area contributed by atoms with Gasteiger partial charge in [0.2, 0.25) is 0 Å². The number of amides is 2. The number of imide groups is 1. The van der Waals surface area contributed by atoms with Crippen molar-refractivity contribution in [3.8, 4) is 5.75 Å². The summed E-state index contributed by atoms with van der Waals surface area (Å²) in [4.78, 5) is 28.1. The Morgan fingerprint density at radius 3 is 2.83 bits per heavy atom. The van der Waals surface area contributed by atoms with E-state index in [9.17, 15) is 14.0 Å². The first-order chi connectivity index (χ1) is 11.5. The molecule has 2 amide bonds. The lowest BCUT2D eigenvalue weighted by molar-refractivity contribution is -0.115. The first kappa shape index (κ1) is 16.7. The summed E-state index contributed by atoms with van der Waals surface area (Å²) >= 11 is 2.34. The van der Waals surface area contributed by atoms with Gasteiger partial charge >= 0.3 is 0 Å². The standard InChI is InChI=1S/C16H13FN2O3S2/c1-9-13(23-8-18-9)4-5-22-12-3-2-10(6-11(12)17)7-14-15(20)19-16(21)24-14/h2-3,6-8H,4-5H2,1H3,(H,19,20,21)/b14-7-. The number of nitrogens with one attached hydrogen (secondary N) is 1. The lowest BCUT2D eigenvalue weighted by Gasteiger charge is -2.07. The third-order valence-corrected chi connectivity index (χ3v) is 5.13. The number of thioether (sulfide) groups is 1. The smallest absolute Gasteiger partial charge is 0.290 e. The van der Waals surface area contributed by atoms with Crippen molar-refractivity contribution in [2.24, 2.45) is 0 Å². The van der Waals surface area contributed by atoms with Crippen LogP contribution in [0.5, 0.6) is 5.75 Å². The first-order valence-electron chi connectivity index (χ1n) is 7.09. The first-order valence-corrected chi connectivity index (χ1v) is 8.78. The molecule has 1 aromatic heterocycles. The zero-order valence-corrected chi connectivity index (χ0v) is 14.3. The quantitative estimate of drug-likeness (QED) is 0.822. The Morgan fingerprint density at radius 1 is 1.38 bits per heavy atom. The zero-order chi connectivity index (χ0) is 17.1. The number of hydrogen-bond acceptors (Lipinski definition) is 6. The number of nitrogens with zero attached hydrogens (tertiary/aromatic N) is 1. The predicted molar refractivity (Wildman–Crippen MR) is 91.6 cm³/mol. The fourth-order valence-electron chi connectivity index (χ4n) is 2.12. The fourth-order valence-corrected chi connectivity index (χ4v) is 3.56. The maximum Gasteiger partial charge on any atom is 0.290 e. The highest BCUT2D eigenvalue weighted by Crippen LogP contribution is 2.27. The number of carbonyl (C=O) groups is 2. The Hall–Kier alpha value is -2.19. The van der Waals surface area contributed by atoms with Crippen molar-refractivity contribution in [1.82, 2.24) is 10.3 Å². The van der Waals surface area contributed by atoms with Gasteiger partial charge in [0, 0.05) is 11.3 Å². The molecule has 8 heteroatoms. The highest BCUT2D eigenvalue weighted by molar-refractivity contribution is 8.18. The van der Waals surface area contributed by atoms with Crippen molar-refractivity contribution in [2.75, 3.05) is 6.61 Å². The van der Waals surface area contributed by atoms with Crippen LogP contribution < -0.4 is 10.1 Å². The van der Waals surface area contributed by atoms with Gasteiger partial charge in [0.05, 0.1) is 22.7 Å². The molecule has 124 valence electrons. The minimum absolute atomic E-state index is 0.152. The number of benzene rings is 1. The second-order valence-corrected chi connectivity index (χ2v) is 6.96. The Kier molecular flexibility index (Phi) is 4.96. The van der Waals surface area contributed by atoms with Gasteiger partial charge in [-0.25, -0.2) is 9.37 Å². The fraction of sp³-hybridized carbons (Fsp3) is 0.188. The van der Waals surface area contributed by atoms with E-state index in [1.165, 1.54) is 18.2 Å². The molecule has 1 aliphatic heterocycles. The Bertz CT molecular complexity index is 832. The van der Waals surface area contributed by atoms with E-state index in [0.29, 0.717) is 18.6 Å². The molecule has 1 aromatic carbocycles. The Labute approximate surface area is 145 Å². The molecule has 3 rings (SSSR count). The molecule has 0 radical (unpaired) electrons. The average Bonchev–Trinajstić information content (AvgIpc) is 3.07. The Balaban J connectivity index is 1.64. The van der Waals surface area contributed by atoms with Crippen molar-refractivity contribution in [2.45, 2.75) is 13.3 Å². The molecule has 0 aliphatic carbocycles. The molecule has 5 nitrogen and oxygen atoms in total. The molecule has 0 unspecified atom stereocenters. The normalized spacial score (nSPS) is 15.8. The van der Waals surface area contributed by atoms with Crippen LogP contribution in [0.3, 0.4) is 0 Å². The molecule has 0 atom stereocenters. The minimum Gasteiger partial charge on any atom is -0.490 e. The van der Waals surface area contributed by atoms with Crippen LogP contribution in [-0.4, -0.2) is 22.7 Å². The summed E-state index contributed by atoms with van der Waals surface area (Å²) in [5, 5.41) is 1.73. The topological polar surface area (TPSA) is 68.3 Å². The van der Waals surface area contributed by atoms with Crippen LogP contribution in [0.15, 0.2) is 28.6 Å². The molecule has 0 spiro atoms. The number of hydrogen-bond donors (Lipinski definition) is 1. The van der Waals surface area contributed by atoms with Gasteiger partial charge < -0.3 is 4.74 Å². The number of thiazole rings is 1. The monoisotopic (exact) mass is 364 g/mol. The van der Waals surface area contributed by atoms with Crippen LogP contribution in [0, 0.1) is 12.7 Å². The molecule has 0 saturated carbocycles.